The Balaban J connectivity index is 1.96. The number of benzene rings is 2. The van der Waals surface area contributed by atoms with Gasteiger partial charge in [-0.2, -0.15) is 5.10 Å². The van der Waals surface area contributed by atoms with Gasteiger partial charge in [0, 0.05) is 18.2 Å². The van der Waals surface area contributed by atoms with Crippen molar-refractivity contribution in [3.05, 3.63) is 59.7 Å². The average Bonchev–Trinajstić information content (AvgIpc) is 2.55. The van der Waals surface area contributed by atoms with E-state index in [4.69, 9.17) is 4.74 Å². The molecule has 0 aliphatic rings. The van der Waals surface area contributed by atoms with Crippen LogP contribution in [0.3, 0.4) is 0 Å². The molecule has 0 saturated carbocycles. The highest BCUT2D eigenvalue weighted by molar-refractivity contribution is 5.96. The zero-order chi connectivity index (χ0) is 16.7. The van der Waals surface area contributed by atoms with Crippen LogP contribution in [0.1, 0.15) is 22.8 Å². The molecule has 0 unspecified atom stereocenters. The third-order valence-corrected chi connectivity index (χ3v) is 2.94. The lowest BCUT2D eigenvalue weighted by Gasteiger charge is -2.04. The molecule has 0 spiro atoms. The molecule has 0 saturated heterocycles. The van der Waals surface area contributed by atoms with Gasteiger partial charge >= 0.3 is 0 Å². The van der Waals surface area contributed by atoms with E-state index in [0.29, 0.717) is 17.0 Å². The van der Waals surface area contributed by atoms with Crippen molar-refractivity contribution >= 4 is 23.7 Å². The first-order chi connectivity index (χ1) is 11.1. The molecule has 0 aromatic heterocycles. The number of anilines is 1. The van der Waals surface area contributed by atoms with Crippen LogP contribution < -0.4 is 15.5 Å². The van der Waals surface area contributed by atoms with Gasteiger partial charge in [-0.3, -0.25) is 9.59 Å². The van der Waals surface area contributed by atoms with Crippen molar-refractivity contribution < 1.29 is 14.3 Å². The lowest BCUT2D eigenvalue weighted by Crippen LogP contribution is -2.17. The quantitative estimate of drug-likeness (QED) is 0.657. The summed E-state index contributed by atoms with van der Waals surface area (Å²) in [6.45, 7) is 1.42. The molecule has 118 valence electrons. The maximum Gasteiger partial charge on any atom is 0.271 e. The summed E-state index contributed by atoms with van der Waals surface area (Å²) in [6.07, 6.45) is 1.53. The van der Waals surface area contributed by atoms with E-state index in [1.54, 1.807) is 37.4 Å². The van der Waals surface area contributed by atoms with Crippen LogP contribution in [0, 0.1) is 0 Å². The Morgan fingerprint density at radius 1 is 1.13 bits per heavy atom. The van der Waals surface area contributed by atoms with Gasteiger partial charge in [0.05, 0.1) is 13.3 Å². The van der Waals surface area contributed by atoms with Crippen LogP contribution in [0.5, 0.6) is 5.75 Å². The minimum Gasteiger partial charge on any atom is -0.497 e. The van der Waals surface area contributed by atoms with Crippen molar-refractivity contribution in [2.75, 3.05) is 12.4 Å². The zero-order valence-corrected chi connectivity index (χ0v) is 12.9. The molecule has 0 radical (unpaired) electrons. The van der Waals surface area contributed by atoms with Gasteiger partial charge in [-0.05, 0) is 42.0 Å². The Bertz CT molecular complexity index is 724. The van der Waals surface area contributed by atoms with Gasteiger partial charge in [0.2, 0.25) is 5.91 Å². The summed E-state index contributed by atoms with van der Waals surface area (Å²) in [6, 6.07) is 13.8. The second-order valence-electron chi connectivity index (χ2n) is 4.73. The minimum atomic E-state index is -0.335. The van der Waals surface area contributed by atoms with Crippen LogP contribution >= 0.6 is 0 Å². The molecule has 0 fully saturated rings. The first-order valence-electron chi connectivity index (χ1n) is 6.93. The monoisotopic (exact) mass is 311 g/mol. The van der Waals surface area contributed by atoms with Crippen LogP contribution in [0.15, 0.2) is 53.6 Å². The summed E-state index contributed by atoms with van der Waals surface area (Å²) < 4.78 is 5.11. The second-order valence-corrected chi connectivity index (χ2v) is 4.73. The highest BCUT2D eigenvalue weighted by atomic mass is 16.5. The molecule has 0 bridgehead atoms. The Kier molecular flexibility index (Phi) is 5.46. The van der Waals surface area contributed by atoms with Crippen molar-refractivity contribution in [1.82, 2.24) is 5.43 Å². The number of hydrogen-bond donors (Lipinski definition) is 2. The number of nitrogens with one attached hydrogen (secondary N) is 2. The lowest BCUT2D eigenvalue weighted by molar-refractivity contribution is -0.114. The third-order valence-electron chi connectivity index (χ3n) is 2.94. The molecule has 6 heteroatoms. The fraction of sp³-hybridized carbons (Fsp3) is 0.118. The van der Waals surface area contributed by atoms with E-state index in [2.05, 4.69) is 15.8 Å². The molecule has 0 atom stereocenters. The van der Waals surface area contributed by atoms with Gasteiger partial charge < -0.3 is 10.1 Å². The minimum absolute atomic E-state index is 0.162. The molecule has 0 heterocycles. The number of rotatable bonds is 5. The summed E-state index contributed by atoms with van der Waals surface area (Å²) in [5, 5.41) is 6.55. The number of hydrazone groups is 1. The van der Waals surface area contributed by atoms with Crippen molar-refractivity contribution in [2.24, 2.45) is 5.10 Å². The molecule has 6 nitrogen and oxygen atoms in total. The summed E-state index contributed by atoms with van der Waals surface area (Å²) in [5.41, 5.74) is 4.34. The second kappa shape index (κ2) is 7.74. The molecule has 0 aliphatic heterocycles. The molecule has 2 aromatic carbocycles. The maximum atomic E-state index is 12.0. The van der Waals surface area contributed by atoms with Gasteiger partial charge in [0.15, 0.2) is 0 Å². The van der Waals surface area contributed by atoms with Gasteiger partial charge in [-0.25, -0.2) is 5.43 Å². The van der Waals surface area contributed by atoms with Crippen molar-refractivity contribution in [2.45, 2.75) is 6.92 Å². The van der Waals surface area contributed by atoms with E-state index in [0.717, 1.165) is 5.56 Å². The molecule has 2 amide bonds. The third kappa shape index (κ3) is 4.96. The normalized spacial score (nSPS) is 10.3. The predicted molar refractivity (Wildman–Crippen MR) is 88.8 cm³/mol. The molecule has 0 aliphatic carbocycles. The smallest absolute Gasteiger partial charge is 0.271 e. The lowest BCUT2D eigenvalue weighted by atomic mass is 10.2. The molecular formula is C17H17N3O3. The number of carbonyl (C=O) groups is 2. The topological polar surface area (TPSA) is 79.8 Å². The van der Waals surface area contributed by atoms with E-state index in [-0.39, 0.29) is 11.8 Å². The molecule has 2 rings (SSSR count). The highest BCUT2D eigenvalue weighted by Gasteiger charge is 2.04. The molecule has 23 heavy (non-hydrogen) atoms. The van der Waals surface area contributed by atoms with Crippen LogP contribution in [0.4, 0.5) is 5.69 Å². The van der Waals surface area contributed by atoms with Crippen molar-refractivity contribution in [3.63, 3.8) is 0 Å². The van der Waals surface area contributed by atoms with Gasteiger partial charge in [0.1, 0.15) is 5.75 Å². The SMILES string of the molecule is COc1cccc(/C=N/NC(=O)c2ccc(NC(C)=O)cc2)c1. The van der Waals surface area contributed by atoms with Crippen LogP contribution in [0.2, 0.25) is 0 Å². The van der Waals surface area contributed by atoms with E-state index in [1.807, 2.05) is 18.2 Å². The number of methoxy groups -OCH3 is 1. The Hall–Kier alpha value is -3.15. The largest absolute Gasteiger partial charge is 0.497 e. The first kappa shape index (κ1) is 16.2. The van der Waals surface area contributed by atoms with E-state index in [1.165, 1.54) is 13.1 Å². The van der Waals surface area contributed by atoms with Gasteiger partial charge in [-0.15, -0.1) is 0 Å². The highest BCUT2D eigenvalue weighted by Crippen LogP contribution is 2.11. The Morgan fingerprint density at radius 3 is 2.52 bits per heavy atom. The van der Waals surface area contributed by atoms with Crippen molar-refractivity contribution in [1.29, 1.82) is 0 Å². The summed E-state index contributed by atoms with van der Waals surface area (Å²) in [5.74, 6) is 0.220. The average molecular weight is 311 g/mol. The fourth-order valence-corrected chi connectivity index (χ4v) is 1.86. The Morgan fingerprint density at radius 2 is 1.87 bits per heavy atom. The zero-order valence-electron chi connectivity index (χ0n) is 12.9. The van der Waals surface area contributed by atoms with Crippen LogP contribution in [-0.4, -0.2) is 25.1 Å². The maximum absolute atomic E-state index is 12.0. The van der Waals surface area contributed by atoms with Gasteiger partial charge in [0.25, 0.3) is 5.91 Å². The molecule has 2 N–H and O–H groups in total. The van der Waals surface area contributed by atoms with Crippen LogP contribution in [0.25, 0.3) is 0 Å². The first-order valence-corrected chi connectivity index (χ1v) is 6.93. The van der Waals surface area contributed by atoms with Gasteiger partial charge in [-0.1, -0.05) is 12.1 Å². The summed E-state index contributed by atoms with van der Waals surface area (Å²) in [7, 11) is 1.59. The number of nitrogens with zero attached hydrogens (tertiary/aromatic N) is 1. The van der Waals surface area contributed by atoms with E-state index in [9.17, 15) is 9.59 Å². The van der Waals surface area contributed by atoms with E-state index < -0.39 is 0 Å². The van der Waals surface area contributed by atoms with Crippen LogP contribution in [-0.2, 0) is 4.79 Å². The number of ether oxygens (including phenoxy) is 1. The molecular weight excluding hydrogens is 294 g/mol. The summed E-state index contributed by atoms with van der Waals surface area (Å²) in [4.78, 5) is 22.9. The number of amides is 2. The standard InChI is InChI=1S/C17H17N3O3/c1-12(21)19-15-8-6-14(7-9-15)17(22)20-18-11-13-4-3-5-16(10-13)23-2/h3-11H,1-2H3,(H,19,21)(H,20,22)/b18-11+. The van der Waals surface area contributed by atoms with Crippen molar-refractivity contribution in [3.8, 4) is 5.75 Å². The molecule has 2 aromatic rings. The predicted octanol–water partition coefficient (Wildman–Crippen LogP) is 2.42. The number of carbonyl (C=O) groups excluding carboxylic acids is 2. The Labute approximate surface area is 134 Å². The fourth-order valence-electron chi connectivity index (χ4n) is 1.86. The number of hydrogen-bond acceptors (Lipinski definition) is 4. The van der Waals surface area contributed by atoms with E-state index >= 15 is 0 Å². The summed E-state index contributed by atoms with van der Waals surface area (Å²) >= 11 is 0.